The molecule has 2 aromatic heterocycles. The number of esters is 1. The molecular formula is C12H15N5O2. The van der Waals surface area contributed by atoms with Crippen molar-refractivity contribution < 1.29 is 9.53 Å². The lowest BCUT2D eigenvalue weighted by Gasteiger charge is -1.98. The number of aryl methyl sites for hydroxylation is 1. The van der Waals surface area contributed by atoms with Crippen LogP contribution >= 0.6 is 0 Å². The van der Waals surface area contributed by atoms with Gasteiger partial charge in [-0.05, 0) is 13.3 Å². The number of nitrogens with zero attached hydrogens (tertiary/aromatic N) is 4. The molecule has 1 N–H and O–H groups in total. The van der Waals surface area contributed by atoms with Crippen LogP contribution in [-0.4, -0.2) is 37.3 Å². The van der Waals surface area contributed by atoms with E-state index in [0.717, 1.165) is 12.2 Å². The van der Waals surface area contributed by atoms with Crippen LogP contribution < -0.4 is 0 Å². The number of aromatic nitrogens is 5. The van der Waals surface area contributed by atoms with Crippen molar-refractivity contribution in [3.05, 3.63) is 18.2 Å². The van der Waals surface area contributed by atoms with E-state index in [4.69, 9.17) is 4.74 Å². The highest BCUT2D eigenvalue weighted by molar-refractivity contribution is 5.77. The first kappa shape index (κ1) is 11.9. The second-order valence-corrected chi connectivity index (χ2v) is 4.61. The van der Waals surface area contributed by atoms with Gasteiger partial charge in [0.25, 0.3) is 0 Å². The summed E-state index contributed by atoms with van der Waals surface area (Å²) >= 11 is 0. The van der Waals surface area contributed by atoms with Crippen LogP contribution in [0.4, 0.5) is 0 Å². The Morgan fingerprint density at radius 1 is 1.63 bits per heavy atom. The van der Waals surface area contributed by atoms with Crippen molar-refractivity contribution in [2.45, 2.75) is 19.3 Å². The molecule has 2 aromatic rings. The number of rotatable bonds is 4. The second-order valence-electron chi connectivity index (χ2n) is 4.61. The lowest BCUT2D eigenvalue weighted by atomic mass is 10.3. The molecule has 0 amide bonds. The van der Waals surface area contributed by atoms with E-state index in [9.17, 15) is 4.79 Å². The Morgan fingerprint density at radius 2 is 2.47 bits per heavy atom. The van der Waals surface area contributed by atoms with E-state index in [1.54, 1.807) is 6.20 Å². The first-order valence-corrected chi connectivity index (χ1v) is 6.27. The number of aromatic amines is 1. The Kier molecular flexibility index (Phi) is 2.81. The third-order valence-electron chi connectivity index (χ3n) is 3.25. The van der Waals surface area contributed by atoms with Gasteiger partial charge < -0.3 is 9.30 Å². The minimum atomic E-state index is -0.151. The standard InChI is InChI=1S/C12H15N5O2/c1-3-19-12(18)8-6-7(8)9-14-10(16-15-9)11-13-4-5-17(11)2/h4-5,7-8H,3,6H2,1-2H3,(H,14,15,16)/t7-,8-/m1/s1. The van der Waals surface area contributed by atoms with Gasteiger partial charge in [0.05, 0.1) is 12.5 Å². The summed E-state index contributed by atoms with van der Waals surface area (Å²) in [6.07, 6.45) is 4.31. The average molecular weight is 261 g/mol. The molecule has 1 aliphatic carbocycles. The van der Waals surface area contributed by atoms with Gasteiger partial charge in [-0.15, -0.1) is 0 Å². The minimum absolute atomic E-state index is 0.0814. The Hall–Kier alpha value is -2.18. The minimum Gasteiger partial charge on any atom is -0.466 e. The molecule has 0 unspecified atom stereocenters. The molecule has 7 heteroatoms. The van der Waals surface area contributed by atoms with Crippen molar-refractivity contribution in [1.29, 1.82) is 0 Å². The summed E-state index contributed by atoms with van der Waals surface area (Å²) < 4.78 is 6.85. The molecule has 0 spiro atoms. The number of nitrogens with one attached hydrogen (secondary N) is 1. The molecule has 1 saturated carbocycles. The largest absolute Gasteiger partial charge is 0.466 e. The quantitative estimate of drug-likeness (QED) is 0.825. The molecule has 1 aliphatic rings. The SMILES string of the molecule is CCOC(=O)[C@@H]1C[C@H]1c1nc(-c2nccn2C)n[nH]1. The molecule has 0 aliphatic heterocycles. The normalized spacial score (nSPS) is 21.4. The number of hydrogen-bond acceptors (Lipinski definition) is 5. The Bertz CT molecular complexity index is 603. The topological polar surface area (TPSA) is 85.7 Å². The molecule has 3 rings (SSSR count). The molecule has 7 nitrogen and oxygen atoms in total. The van der Waals surface area contributed by atoms with Crippen LogP contribution in [0.15, 0.2) is 12.4 Å². The van der Waals surface area contributed by atoms with Crippen molar-refractivity contribution in [2.75, 3.05) is 6.61 Å². The number of ether oxygens (including phenoxy) is 1. The van der Waals surface area contributed by atoms with Crippen molar-refractivity contribution in [2.24, 2.45) is 13.0 Å². The third kappa shape index (κ3) is 2.11. The fraction of sp³-hybridized carbons (Fsp3) is 0.500. The van der Waals surface area contributed by atoms with Crippen LogP contribution in [0.5, 0.6) is 0 Å². The number of carbonyl (C=O) groups excluding carboxylic acids is 1. The van der Waals surface area contributed by atoms with E-state index in [-0.39, 0.29) is 17.8 Å². The van der Waals surface area contributed by atoms with Gasteiger partial charge in [-0.3, -0.25) is 9.89 Å². The lowest BCUT2D eigenvalue weighted by molar-refractivity contribution is -0.144. The van der Waals surface area contributed by atoms with Crippen LogP contribution in [0.3, 0.4) is 0 Å². The molecular weight excluding hydrogens is 246 g/mol. The molecule has 100 valence electrons. The van der Waals surface area contributed by atoms with Crippen molar-refractivity contribution in [3.8, 4) is 11.6 Å². The predicted molar refractivity (Wildman–Crippen MR) is 66.1 cm³/mol. The Labute approximate surface area is 110 Å². The maximum atomic E-state index is 11.6. The van der Waals surface area contributed by atoms with Gasteiger partial charge >= 0.3 is 5.97 Å². The molecule has 2 atom stereocenters. The molecule has 0 bridgehead atoms. The number of H-pyrrole nitrogens is 1. The Morgan fingerprint density at radius 3 is 3.16 bits per heavy atom. The zero-order valence-corrected chi connectivity index (χ0v) is 10.8. The monoisotopic (exact) mass is 261 g/mol. The molecule has 0 aromatic carbocycles. The summed E-state index contributed by atoms with van der Waals surface area (Å²) in [6.45, 7) is 2.22. The molecule has 1 fully saturated rings. The van der Waals surface area contributed by atoms with Crippen molar-refractivity contribution in [1.82, 2.24) is 24.7 Å². The molecule has 0 saturated heterocycles. The zero-order chi connectivity index (χ0) is 13.4. The first-order valence-electron chi connectivity index (χ1n) is 6.27. The maximum absolute atomic E-state index is 11.6. The van der Waals surface area contributed by atoms with Gasteiger partial charge in [0.15, 0.2) is 5.82 Å². The maximum Gasteiger partial charge on any atom is 0.309 e. The van der Waals surface area contributed by atoms with E-state index in [1.807, 2.05) is 24.7 Å². The van der Waals surface area contributed by atoms with Crippen LogP contribution in [-0.2, 0) is 16.6 Å². The molecule has 0 radical (unpaired) electrons. The highest BCUT2D eigenvalue weighted by Crippen LogP contribution is 2.46. The van der Waals surface area contributed by atoms with Crippen molar-refractivity contribution in [3.63, 3.8) is 0 Å². The predicted octanol–water partition coefficient (Wildman–Crippen LogP) is 0.872. The first-order chi connectivity index (χ1) is 9.20. The average Bonchev–Trinajstić information content (AvgIpc) is 2.84. The Balaban J connectivity index is 1.74. The van der Waals surface area contributed by atoms with E-state index in [0.29, 0.717) is 18.3 Å². The fourth-order valence-corrected chi connectivity index (χ4v) is 2.13. The van der Waals surface area contributed by atoms with E-state index < -0.39 is 0 Å². The van der Waals surface area contributed by atoms with E-state index in [2.05, 4.69) is 20.2 Å². The van der Waals surface area contributed by atoms with Gasteiger partial charge in [0, 0.05) is 25.4 Å². The molecule has 2 heterocycles. The van der Waals surface area contributed by atoms with Gasteiger partial charge in [-0.1, -0.05) is 0 Å². The highest BCUT2D eigenvalue weighted by atomic mass is 16.5. The smallest absolute Gasteiger partial charge is 0.309 e. The zero-order valence-electron chi connectivity index (χ0n) is 10.8. The van der Waals surface area contributed by atoms with E-state index >= 15 is 0 Å². The van der Waals surface area contributed by atoms with Crippen molar-refractivity contribution >= 4 is 5.97 Å². The third-order valence-corrected chi connectivity index (χ3v) is 3.25. The summed E-state index contributed by atoms with van der Waals surface area (Å²) in [7, 11) is 1.89. The van der Waals surface area contributed by atoms with Crippen LogP contribution in [0.1, 0.15) is 25.1 Å². The highest BCUT2D eigenvalue weighted by Gasteiger charge is 2.47. The van der Waals surface area contributed by atoms with Gasteiger partial charge in [0.1, 0.15) is 5.82 Å². The number of hydrogen-bond donors (Lipinski definition) is 1. The number of imidazole rings is 1. The van der Waals surface area contributed by atoms with Crippen LogP contribution in [0.25, 0.3) is 11.6 Å². The van der Waals surface area contributed by atoms with Gasteiger partial charge in [0.2, 0.25) is 5.82 Å². The summed E-state index contributed by atoms with van der Waals surface area (Å²) in [5.74, 6) is 1.86. The van der Waals surface area contributed by atoms with Crippen LogP contribution in [0.2, 0.25) is 0 Å². The summed E-state index contributed by atoms with van der Waals surface area (Å²) in [5, 5.41) is 7.04. The van der Waals surface area contributed by atoms with Crippen LogP contribution in [0, 0.1) is 5.92 Å². The summed E-state index contributed by atoms with van der Waals surface area (Å²) in [5.41, 5.74) is 0. The van der Waals surface area contributed by atoms with E-state index in [1.165, 1.54) is 0 Å². The molecule has 19 heavy (non-hydrogen) atoms. The number of carbonyl (C=O) groups is 1. The summed E-state index contributed by atoms with van der Waals surface area (Å²) in [4.78, 5) is 20.2. The van der Waals surface area contributed by atoms with Gasteiger partial charge in [-0.25, -0.2) is 9.97 Å². The van der Waals surface area contributed by atoms with Gasteiger partial charge in [-0.2, -0.15) is 5.10 Å². The summed E-state index contributed by atoms with van der Waals surface area (Å²) in [6, 6.07) is 0. The second kappa shape index (κ2) is 4.49. The lowest BCUT2D eigenvalue weighted by Crippen LogP contribution is -2.07. The fourth-order valence-electron chi connectivity index (χ4n) is 2.13.